The van der Waals surface area contributed by atoms with Crippen molar-refractivity contribution in [2.24, 2.45) is 0 Å². The highest BCUT2D eigenvalue weighted by molar-refractivity contribution is 6.13. The average Bonchev–Trinajstić information content (AvgIpc) is 3.97. The number of aryl methyl sites for hydroxylation is 4. The van der Waals surface area contributed by atoms with Gasteiger partial charge in [-0.15, -0.1) is 0 Å². The summed E-state index contributed by atoms with van der Waals surface area (Å²) >= 11 is 0. The van der Waals surface area contributed by atoms with Gasteiger partial charge in [0.1, 0.15) is 0 Å². The summed E-state index contributed by atoms with van der Waals surface area (Å²) in [4.78, 5) is 8.07. The van der Waals surface area contributed by atoms with Crippen molar-refractivity contribution >= 4 is 65.9 Å². The summed E-state index contributed by atoms with van der Waals surface area (Å²) in [6.45, 7) is 4.42. The largest absolute Gasteiger partial charge is 0.366 e. The van der Waals surface area contributed by atoms with E-state index in [4.69, 9.17) is 0 Å². The first-order valence-corrected chi connectivity index (χ1v) is 21.6. The van der Waals surface area contributed by atoms with E-state index in [0.717, 1.165) is 31.4 Å². The van der Waals surface area contributed by atoms with Crippen molar-refractivity contribution in [2.75, 3.05) is 0 Å². The molecule has 0 saturated heterocycles. The zero-order chi connectivity index (χ0) is 40.3. The van der Waals surface area contributed by atoms with Gasteiger partial charge in [0, 0.05) is 46.0 Å². The Morgan fingerprint density at radius 3 is 1.85 bits per heavy atom. The van der Waals surface area contributed by atoms with Crippen molar-refractivity contribution in [1.82, 2.24) is 19.1 Å². The van der Waals surface area contributed by atoms with Crippen LogP contribution < -0.4 is 0 Å². The summed E-state index contributed by atoms with van der Waals surface area (Å²) in [6.07, 6.45) is 14.7. The van der Waals surface area contributed by atoms with Crippen LogP contribution in [0.25, 0.3) is 99.5 Å². The van der Waals surface area contributed by atoms with Crippen LogP contribution in [0.1, 0.15) is 45.5 Å². The van der Waals surface area contributed by atoms with E-state index in [-0.39, 0.29) is 0 Å². The third kappa shape index (κ3) is 5.21. The second-order valence-electron chi connectivity index (χ2n) is 17.3. The van der Waals surface area contributed by atoms with E-state index in [0.29, 0.717) is 0 Å². The molecule has 0 atom stereocenters. The molecule has 4 aromatic heterocycles. The molecule has 4 nitrogen and oxygen atoms in total. The first-order chi connectivity index (χ1) is 30.0. The summed E-state index contributed by atoms with van der Waals surface area (Å²) < 4.78 is 5.01. The lowest BCUT2D eigenvalue weighted by atomic mass is 9.83. The van der Waals surface area contributed by atoms with Gasteiger partial charge in [-0.3, -0.25) is 4.98 Å². The molecule has 0 saturated carbocycles. The standard InChI is InChI=1S/C57H42N4/c1-34-21-22-58-32-56(34)60-52-19-17-42(40-13-11-36-7-3-5-9-38(36)23-40)25-48(52)50-27-44-15-16-45-28-51-49-26-43(41-14-12-37-8-4-6-10-39(37)24-41)18-20-53(49)61(57-33-59-31-35(57)2)55(51)30-47(45)46(44)29-54(50)60/h3-14,18,20-33,59H,15-17,19H2,1-2H3. The maximum Gasteiger partial charge on any atom is 0.0671 e. The van der Waals surface area contributed by atoms with Crippen LogP contribution in [-0.2, 0) is 19.3 Å². The maximum absolute atomic E-state index is 4.67. The monoisotopic (exact) mass is 782 g/mol. The number of hydrogen-bond acceptors (Lipinski definition) is 1. The predicted octanol–water partition coefficient (Wildman–Crippen LogP) is 14.3. The molecule has 0 radical (unpaired) electrons. The van der Waals surface area contributed by atoms with Gasteiger partial charge in [0.05, 0.1) is 34.1 Å². The van der Waals surface area contributed by atoms with E-state index in [1.807, 2.05) is 6.20 Å². The first kappa shape index (κ1) is 34.4. The van der Waals surface area contributed by atoms with Crippen LogP contribution in [0.3, 0.4) is 0 Å². The van der Waals surface area contributed by atoms with Crippen LogP contribution in [-0.4, -0.2) is 19.1 Å². The van der Waals surface area contributed by atoms with Crippen LogP contribution in [0, 0.1) is 13.8 Å². The van der Waals surface area contributed by atoms with Gasteiger partial charge in [-0.25, -0.2) is 0 Å². The summed E-state index contributed by atoms with van der Waals surface area (Å²) in [5, 5.41) is 9.02. The van der Waals surface area contributed by atoms with E-state index < -0.39 is 0 Å². The quantitative estimate of drug-likeness (QED) is 0.190. The molecule has 290 valence electrons. The highest BCUT2D eigenvalue weighted by Crippen LogP contribution is 2.46. The number of nitrogens with one attached hydrogen (secondary N) is 1. The van der Waals surface area contributed by atoms with Crippen molar-refractivity contribution in [2.45, 2.75) is 39.5 Å². The van der Waals surface area contributed by atoms with E-state index in [1.165, 1.54) is 127 Å². The summed E-state index contributed by atoms with van der Waals surface area (Å²) in [5.74, 6) is 0. The van der Waals surface area contributed by atoms with Crippen molar-refractivity contribution in [3.8, 4) is 33.6 Å². The number of fused-ring (bicyclic) bond motifs is 11. The number of allylic oxidation sites excluding steroid dienone is 1. The lowest BCUT2D eigenvalue weighted by molar-refractivity contribution is 0.889. The number of rotatable bonds is 4. The lowest BCUT2D eigenvalue weighted by Gasteiger charge is -2.22. The SMILES string of the molecule is Cc1ccncc1-n1c2c(c3cc4c(cc31)-c1cc3c(cc1CC4)c1cc(-c4ccc5ccccc5c4)ccc1n3-c1c[nH]cc1C)C=C(c1ccc3ccccc3c1)CC2. The average molecular weight is 783 g/mol. The molecule has 4 heterocycles. The molecule has 61 heavy (non-hydrogen) atoms. The highest BCUT2D eigenvalue weighted by atomic mass is 15.0. The zero-order valence-electron chi connectivity index (χ0n) is 34.3. The molecule has 13 rings (SSSR count). The van der Waals surface area contributed by atoms with Crippen molar-refractivity contribution in [1.29, 1.82) is 0 Å². The fraction of sp³-hybridized carbons (Fsp3) is 0.105. The minimum atomic E-state index is 0.968. The topological polar surface area (TPSA) is 38.5 Å². The van der Waals surface area contributed by atoms with Gasteiger partial charge in [-0.05, 0) is 177 Å². The van der Waals surface area contributed by atoms with Gasteiger partial charge in [0.15, 0.2) is 0 Å². The lowest BCUT2D eigenvalue weighted by Crippen LogP contribution is -2.07. The van der Waals surface area contributed by atoms with Gasteiger partial charge in [0.2, 0.25) is 0 Å². The number of hydrogen-bond donors (Lipinski definition) is 1. The summed E-state index contributed by atoms with van der Waals surface area (Å²) in [5.41, 5.74) is 22.0. The van der Waals surface area contributed by atoms with Gasteiger partial charge in [-0.1, -0.05) is 78.9 Å². The van der Waals surface area contributed by atoms with Crippen molar-refractivity contribution in [3.63, 3.8) is 0 Å². The number of benzene rings is 7. The number of pyridine rings is 1. The molecular formula is C57H42N4. The maximum atomic E-state index is 4.67. The molecule has 1 N–H and O–H groups in total. The smallest absolute Gasteiger partial charge is 0.0671 e. The number of nitrogens with zero attached hydrogens (tertiary/aromatic N) is 3. The Hall–Kier alpha value is -7.43. The molecule has 0 aliphatic heterocycles. The Labute approximate surface area is 354 Å². The number of H-pyrrole nitrogens is 1. The van der Waals surface area contributed by atoms with Crippen molar-refractivity contribution < 1.29 is 0 Å². The zero-order valence-corrected chi connectivity index (χ0v) is 34.3. The fourth-order valence-electron chi connectivity index (χ4n) is 10.7. The van der Waals surface area contributed by atoms with Gasteiger partial charge in [-0.2, -0.15) is 0 Å². The second kappa shape index (κ2) is 13.0. The molecule has 2 aliphatic rings. The molecule has 0 fully saturated rings. The second-order valence-corrected chi connectivity index (χ2v) is 17.3. The Morgan fingerprint density at radius 2 is 1.13 bits per heavy atom. The van der Waals surface area contributed by atoms with Gasteiger partial charge in [0.25, 0.3) is 0 Å². The molecule has 11 aromatic rings. The summed E-state index contributed by atoms with van der Waals surface area (Å²) in [7, 11) is 0. The predicted molar refractivity (Wildman–Crippen MR) is 255 cm³/mol. The van der Waals surface area contributed by atoms with Crippen LogP contribution in [0.5, 0.6) is 0 Å². The van der Waals surface area contributed by atoms with Gasteiger partial charge < -0.3 is 14.1 Å². The van der Waals surface area contributed by atoms with Crippen LogP contribution in [0.2, 0.25) is 0 Å². The van der Waals surface area contributed by atoms with Crippen LogP contribution in [0.15, 0.2) is 158 Å². The Bertz CT molecular complexity index is 3680. The summed E-state index contributed by atoms with van der Waals surface area (Å²) in [6, 6.07) is 50.3. The molecule has 7 aromatic carbocycles. The van der Waals surface area contributed by atoms with E-state index in [2.05, 4.69) is 191 Å². The molecule has 2 aliphatic carbocycles. The van der Waals surface area contributed by atoms with Crippen LogP contribution >= 0.6 is 0 Å². The first-order valence-electron chi connectivity index (χ1n) is 21.6. The van der Waals surface area contributed by atoms with Crippen molar-refractivity contribution in [3.05, 3.63) is 197 Å². The van der Waals surface area contributed by atoms with E-state index in [9.17, 15) is 0 Å². The highest BCUT2D eigenvalue weighted by Gasteiger charge is 2.27. The minimum absolute atomic E-state index is 0.968. The third-order valence-electron chi connectivity index (χ3n) is 13.8. The molecule has 0 bridgehead atoms. The van der Waals surface area contributed by atoms with E-state index in [1.54, 1.807) is 0 Å². The fourth-order valence-corrected chi connectivity index (χ4v) is 10.7. The third-order valence-corrected chi connectivity index (χ3v) is 13.8. The molecule has 0 spiro atoms. The number of aromatic nitrogens is 4. The molecule has 0 unspecified atom stereocenters. The normalized spacial score (nSPS) is 13.6. The Morgan fingerprint density at radius 1 is 0.492 bits per heavy atom. The minimum Gasteiger partial charge on any atom is -0.366 e. The molecular weight excluding hydrogens is 741 g/mol. The van der Waals surface area contributed by atoms with Crippen LogP contribution in [0.4, 0.5) is 0 Å². The Balaban J connectivity index is 1.03. The molecule has 4 heteroatoms. The molecule has 0 amide bonds. The Kier molecular flexibility index (Phi) is 7.36. The number of aromatic amines is 1. The van der Waals surface area contributed by atoms with E-state index >= 15 is 0 Å². The van der Waals surface area contributed by atoms with Gasteiger partial charge >= 0.3 is 0 Å².